The molecule has 1 saturated heterocycles. The SMILES string of the molecule is C/C=C\C1OCC2(COC(=O)NCCCCC)C(C)C=C(C)C1[C@H]2C. The van der Waals surface area contributed by atoms with Crippen molar-refractivity contribution in [3.05, 3.63) is 23.8 Å². The van der Waals surface area contributed by atoms with E-state index in [2.05, 4.69) is 51.2 Å². The number of rotatable bonds is 7. The summed E-state index contributed by atoms with van der Waals surface area (Å²) >= 11 is 0. The molecule has 1 heterocycles. The highest BCUT2D eigenvalue weighted by Crippen LogP contribution is 2.52. The molecule has 25 heavy (non-hydrogen) atoms. The summed E-state index contributed by atoms with van der Waals surface area (Å²) in [5.74, 6) is 1.10. The second-order valence-electron chi connectivity index (χ2n) is 7.76. The zero-order valence-electron chi connectivity index (χ0n) is 16.5. The molecular formula is C21H35NO3. The van der Waals surface area contributed by atoms with E-state index >= 15 is 0 Å². The first kappa shape index (κ1) is 20.0. The number of carbonyl (C=O) groups excluding carboxylic acids is 1. The number of nitrogens with one attached hydrogen (secondary N) is 1. The smallest absolute Gasteiger partial charge is 0.407 e. The first-order valence-corrected chi connectivity index (χ1v) is 9.79. The average Bonchev–Trinajstić information content (AvgIpc) is 2.57. The Kier molecular flexibility index (Phi) is 7.12. The molecule has 0 aromatic heterocycles. The van der Waals surface area contributed by atoms with E-state index < -0.39 is 0 Å². The van der Waals surface area contributed by atoms with Gasteiger partial charge in [-0.2, -0.15) is 0 Å². The molecule has 1 aliphatic carbocycles. The molecule has 142 valence electrons. The Balaban J connectivity index is 2.02. The molecular weight excluding hydrogens is 314 g/mol. The van der Waals surface area contributed by atoms with Crippen LogP contribution < -0.4 is 5.32 Å². The molecule has 0 radical (unpaired) electrons. The third-order valence-electron chi connectivity index (χ3n) is 6.19. The van der Waals surface area contributed by atoms with Gasteiger partial charge in [-0.1, -0.05) is 57.4 Å². The Morgan fingerprint density at radius 3 is 2.88 bits per heavy atom. The fourth-order valence-electron chi connectivity index (χ4n) is 4.49. The van der Waals surface area contributed by atoms with Crippen LogP contribution in [-0.2, 0) is 9.47 Å². The van der Waals surface area contributed by atoms with Crippen molar-refractivity contribution < 1.29 is 14.3 Å². The van der Waals surface area contributed by atoms with Gasteiger partial charge in [0.05, 0.1) is 12.7 Å². The number of ether oxygens (including phenoxy) is 2. The first-order valence-electron chi connectivity index (χ1n) is 9.79. The van der Waals surface area contributed by atoms with Gasteiger partial charge in [-0.25, -0.2) is 4.79 Å². The van der Waals surface area contributed by atoms with E-state index in [1.54, 1.807) is 0 Å². The summed E-state index contributed by atoms with van der Waals surface area (Å²) in [7, 11) is 0. The Morgan fingerprint density at radius 2 is 2.20 bits per heavy atom. The van der Waals surface area contributed by atoms with Gasteiger partial charge in [0.1, 0.15) is 6.61 Å². The Morgan fingerprint density at radius 1 is 1.44 bits per heavy atom. The van der Waals surface area contributed by atoms with Crippen LogP contribution in [0.3, 0.4) is 0 Å². The van der Waals surface area contributed by atoms with Gasteiger partial charge in [0.2, 0.25) is 0 Å². The monoisotopic (exact) mass is 349 g/mol. The number of fused-ring (bicyclic) bond motifs is 2. The van der Waals surface area contributed by atoms with Crippen LogP contribution in [0.15, 0.2) is 23.8 Å². The maximum absolute atomic E-state index is 12.1. The number of hydrogen-bond acceptors (Lipinski definition) is 3. The molecule has 5 atom stereocenters. The Bertz CT molecular complexity index is 513. The number of allylic oxidation sites excluding steroid dienone is 2. The van der Waals surface area contributed by atoms with Gasteiger partial charge in [0.15, 0.2) is 0 Å². The number of hydrogen-bond donors (Lipinski definition) is 1. The predicted octanol–water partition coefficient (Wildman–Crippen LogP) is 4.71. The fourth-order valence-corrected chi connectivity index (χ4v) is 4.49. The lowest BCUT2D eigenvalue weighted by atomic mass is 9.56. The van der Waals surface area contributed by atoms with Crippen LogP contribution in [0.1, 0.15) is 53.9 Å². The van der Waals surface area contributed by atoms with Crippen LogP contribution in [0.25, 0.3) is 0 Å². The fraction of sp³-hybridized carbons (Fsp3) is 0.762. The summed E-state index contributed by atoms with van der Waals surface area (Å²) in [6, 6.07) is 0. The number of amides is 1. The highest BCUT2D eigenvalue weighted by molar-refractivity contribution is 5.67. The third-order valence-corrected chi connectivity index (χ3v) is 6.19. The van der Waals surface area contributed by atoms with Crippen molar-refractivity contribution >= 4 is 6.09 Å². The van der Waals surface area contributed by atoms with Crippen molar-refractivity contribution in [3.63, 3.8) is 0 Å². The quantitative estimate of drug-likeness (QED) is 0.535. The van der Waals surface area contributed by atoms with Crippen molar-refractivity contribution in [1.29, 1.82) is 0 Å². The second-order valence-corrected chi connectivity index (χ2v) is 7.76. The molecule has 1 aliphatic heterocycles. The standard InChI is InChI=1S/C21H35NO3/c1-6-8-9-11-22-20(23)25-14-21-13-24-18(10-7-2)19(17(21)5)15(3)12-16(21)4/h7,10,12,16-19H,6,8-9,11,13-14H2,1-5H3,(H,22,23)/b10-7-/t16?,17-,18?,19?,21?/m1/s1. The zero-order valence-corrected chi connectivity index (χ0v) is 16.5. The molecule has 0 spiro atoms. The van der Waals surface area contributed by atoms with E-state index in [-0.39, 0.29) is 17.6 Å². The van der Waals surface area contributed by atoms with Crippen LogP contribution in [0.2, 0.25) is 0 Å². The lowest BCUT2D eigenvalue weighted by Gasteiger charge is -2.54. The molecule has 4 unspecified atom stereocenters. The summed E-state index contributed by atoms with van der Waals surface area (Å²) in [6.45, 7) is 12.6. The van der Waals surface area contributed by atoms with Crippen LogP contribution in [0.5, 0.6) is 0 Å². The van der Waals surface area contributed by atoms with Crippen molar-refractivity contribution in [2.45, 2.75) is 60.0 Å². The van der Waals surface area contributed by atoms with Gasteiger partial charge in [0.25, 0.3) is 0 Å². The van der Waals surface area contributed by atoms with Crippen molar-refractivity contribution in [2.75, 3.05) is 19.8 Å². The van der Waals surface area contributed by atoms with E-state index in [0.717, 1.165) is 19.3 Å². The van der Waals surface area contributed by atoms with E-state index in [9.17, 15) is 4.79 Å². The highest BCUT2D eigenvalue weighted by Gasteiger charge is 2.53. The number of carbonyl (C=O) groups is 1. The van der Waals surface area contributed by atoms with E-state index in [0.29, 0.717) is 37.5 Å². The lowest BCUT2D eigenvalue weighted by Crippen LogP contribution is -2.56. The molecule has 4 heteroatoms. The van der Waals surface area contributed by atoms with Crippen LogP contribution >= 0.6 is 0 Å². The predicted molar refractivity (Wildman–Crippen MR) is 101 cm³/mol. The maximum Gasteiger partial charge on any atom is 0.407 e. The lowest BCUT2D eigenvalue weighted by molar-refractivity contribution is -0.149. The molecule has 0 saturated carbocycles. The topological polar surface area (TPSA) is 47.6 Å². The van der Waals surface area contributed by atoms with Crippen molar-refractivity contribution in [2.24, 2.45) is 23.2 Å². The third kappa shape index (κ3) is 4.28. The minimum absolute atomic E-state index is 0.125. The van der Waals surface area contributed by atoms with E-state index in [4.69, 9.17) is 9.47 Å². The molecule has 1 amide bonds. The molecule has 1 N–H and O–H groups in total. The van der Waals surface area contributed by atoms with Crippen LogP contribution in [0.4, 0.5) is 4.79 Å². The molecule has 2 bridgehead atoms. The molecule has 0 aromatic rings. The van der Waals surface area contributed by atoms with Crippen molar-refractivity contribution in [3.8, 4) is 0 Å². The number of unbranched alkanes of at least 4 members (excludes halogenated alkanes) is 2. The minimum Gasteiger partial charge on any atom is -0.449 e. The van der Waals surface area contributed by atoms with Gasteiger partial charge in [-0.3, -0.25) is 0 Å². The van der Waals surface area contributed by atoms with Crippen molar-refractivity contribution in [1.82, 2.24) is 5.32 Å². The molecule has 2 aliphatic rings. The molecule has 1 fully saturated rings. The summed E-state index contributed by atoms with van der Waals surface area (Å²) < 4.78 is 11.8. The summed E-state index contributed by atoms with van der Waals surface area (Å²) in [5, 5.41) is 2.87. The normalized spacial score (nSPS) is 34.7. The van der Waals surface area contributed by atoms with Gasteiger partial charge < -0.3 is 14.8 Å². The van der Waals surface area contributed by atoms with Gasteiger partial charge in [0, 0.05) is 17.9 Å². The van der Waals surface area contributed by atoms with E-state index in [1.165, 1.54) is 5.57 Å². The largest absolute Gasteiger partial charge is 0.449 e. The average molecular weight is 350 g/mol. The summed E-state index contributed by atoms with van der Waals surface area (Å²) in [5.41, 5.74) is 1.26. The summed E-state index contributed by atoms with van der Waals surface area (Å²) in [4.78, 5) is 12.1. The molecule has 4 nitrogen and oxygen atoms in total. The maximum atomic E-state index is 12.1. The minimum atomic E-state index is -0.303. The van der Waals surface area contributed by atoms with Crippen LogP contribution in [-0.4, -0.2) is 32.0 Å². The Hall–Kier alpha value is -1.29. The first-order chi connectivity index (χ1) is 12.0. The Labute approximate surface area is 153 Å². The number of alkyl carbamates (subject to hydrolysis) is 1. The summed E-state index contributed by atoms with van der Waals surface area (Å²) in [6.07, 6.45) is 9.67. The molecule has 0 aromatic carbocycles. The van der Waals surface area contributed by atoms with E-state index in [1.807, 2.05) is 6.92 Å². The van der Waals surface area contributed by atoms with Gasteiger partial charge >= 0.3 is 6.09 Å². The van der Waals surface area contributed by atoms with Gasteiger partial charge in [-0.15, -0.1) is 0 Å². The highest BCUT2D eigenvalue weighted by atomic mass is 16.6. The van der Waals surface area contributed by atoms with Crippen LogP contribution in [0, 0.1) is 23.2 Å². The van der Waals surface area contributed by atoms with Gasteiger partial charge in [-0.05, 0) is 32.1 Å². The second kappa shape index (κ2) is 8.88. The zero-order chi connectivity index (χ0) is 18.4. The molecule has 2 rings (SSSR count).